The Kier molecular flexibility index (Phi) is 5.14. The second-order valence-corrected chi connectivity index (χ2v) is 6.47. The largest absolute Gasteiger partial charge is 0.468 e. The SMILES string of the molecule is COC(=O)[C@@H](c1ccc(F)cc1)N1CCN(C(=O)C2CCC2)CC1. The van der Waals surface area contributed by atoms with Gasteiger partial charge in [-0.15, -0.1) is 0 Å². The Labute approximate surface area is 141 Å². The van der Waals surface area contributed by atoms with Crippen molar-refractivity contribution in [1.29, 1.82) is 0 Å². The Balaban J connectivity index is 1.67. The van der Waals surface area contributed by atoms with E-state index in [9.17, 15) is 14.0 Å². The van der Waals surface area contributed by atoms with E-state index in [2.05, 4.69) is 0 Å². The third-order valence-electron chi connectivity index (χ3n) is 5.06. The summed E-state index contributed by atoms with van der Waals surface area (Å²) in [4.78, 5) is 28.5. The first kappa shape index (κ1) is 16.9. The lowest BCUT2D eigenvalue weighted by Crippen LogP contribution is -2.53. The van der Waals surface area contributed by atoms with Crippen molar-refractivity contribution in [1.82, 2.24) is 9.80 Å². The molecule has 1 amide bonds. The highest BCUT2D eigenvalue weighted by Crippen LogP contribution is 2.29. The molecule has 1 atom stereocenters. The highest BCUT2D eigenvalue weighted by Gasteiger charge is 2.35. The molecule has 1 aliphatic carbocycles. The van der Waals surface area contributed by atoms with E-state index < -0.39 is 6.04 Å². The molecule has 24 heavy (non-hydrogen) atoms. The molecule has 0 N–H and O–H groups in total. The van der Waals surface area contributed by atoms with Crippen LogP contribution in [0, 0.1) is 11.7 Å². The van der Waals surface area contributed by atoms with Gasteiger partial charge in [-0.3, -0.25) is 9.69 Å². The van der Waals surface area contributed by atoms with E-state index in [1.54, 1.807) is 12.1 Å². The number of esters is 1. The van der Waals surface area contributed by atoms with Crippen LogP contribution in [0.25, 0.3) is 0 Å². The third kappa shape index (κ3) is 3.43. The minimum atomic E-state index is -0.559. The van der Waals surface area contributed by atoms with Crippen LogP contribution in [0.5, 0.6) is 0 Å². The molecule has 1 aromatic rings. The Morgan fingerprint density at radius 3 is 2.25 bits per heavy atom. The van der Waals surface area contributed by atoms with Gasteiger partial charge in [-0.05, 0) is 30.5 Å². The molecular formula is C18H23FN2O3. The van der Waals surface area contributed by atoms with Gasteiger partial charge in [0, 0.05) is 32.1 Å². The molecule has 0 aromatic heterocycles. The van der Waals surface area contributed by atoms with Crippen molar-refractivity contribution >= 4 is 11.9 Å². The summed E-state index contributed by atoms with van der Waals surface area (Å²) in [5.41, 5.74) is 0.710. The molecule has 1 aromatic carbocycles. The fourth-order valence-electron chi connectivity index (χ4n) is 3.37. The molecule has 1 aliphatic heterocycles. The van der Waals surface area contributed by atoms with E-state index >= 15 is 0 Å². The lowest BCUT2D eigenvalue weighted by molar-refractivity contribution is -0.149. The maximum absolute atomic E-state index is 13.2. The normalized spacial score (nSPS) is 20.3. The number of carbonyl (C=O) groups is 2. The summed E-state index contributed by atoms with van der Waals surface area (Å²) in [5.74, 6) is -0.249. The van der Waals surface area contributed by atoms with Crippen LogP contribution in [0.2, 0.25) is 0 Å². The van der Waals surface area contributed by atoms with E-state index in [1.807, 2.05) is 9.80 Å². The van der Waals surface area contributed by atoms with Gasteiger partial charge in [-0.1, -0.05) is 18.6 Å². The number of carbonyl (C=O) groups excluding carboxylic acids is 2. The monoisotopic (exact) mass is 334 g/mol. The van der Waals surface area contributed by atoms with E-state index in [0.717, 1.165) is 19.3 Å². The molecule has 5 nitrogen and oxygen atoms in total. The van der Waals surface area contributed by atoms with Crippen LogP contribution in [0.1, 0.15) is 30.9 Å². The molecule has 0 bridgehead atoms. The zero-order chi connectivity index (χ0) is 17.1. The molecule has 0 radical (unpaired) electrons. The number of halogens is 1. The number of nitrogens with zero attached hydrogens (tertiary/aromatic N) is 2. The van der Waals surface area contributed by atoms with Gasteiger partial charge in [-0.25, -0.2) is 9.18 Å². The number of piperazine rings is 1. The Bertz CT molecular complexity index is 593. The molecule has 2 aliphatic rings. The molecule has 2 fully saturated rings. The van der Waals surface area contributed by atoms with E-state index in [1.165, 1.54) is 19.2 Å². The minimum absolute atomic E-state index is 0.199. The Hall–Kier alpha value is -1.95. The highest BCUT2D eigenvalue weighted by molar-refractivity contribution is 5.80. The van der Waals surface area contributed by atoms with E-state index in [4.69, 9.17) is 4.74 Å². The fourth-order valence-corrected chi connectivity index (χ4v) is 3.37. The smallest absolute Gasteiger partial charge is 0.327 e. The second kappa shape index (κ2) is 7.30. The van der Waals surface area contributed by atoms with Gasteiger partial charge in [0.25, 0.3) is 0 Å². The first-order chi connectivity index (χ1) is 11.6. The van der Waals surface area contributed by atoms with Gasteiger partial charge in [0.1, 0.15) is 11.9 Å². The fraction of sp³-hybridized carbons (Fsp3) is 0.556. The average molecular weight is 334 g/mol. The van der Waals surface area contributed by atoms with Gasteiger partial charge in [0.2, 0.25) is 5.91 Å². The molecular weight excluding hydrogens is 311 g/mol. The van der Waals surface area contributed by atoms with Gasteiger partial charge < -0.3 is 9.64 Å². The van der Waals surface area contributed by atoms with Crippen LogP contribution < -0.4 is 0 Å². The lowest BCUT2D eigenvalue weighted by atomic mass is 9.84. The summed E-state index contributed by atoms with van der Waals surface area (Å²) >= 11 is 0. The van der Waals surface area contributed by atoms with Crippen LogP contribution >= 0.6 is 0 Å². The average Bonchev–Trinajstić information content (AvgIpc) is 2.55. The quantitative estimate of drug-likeness (QED) is 0.790. The maximum Gasteiger partial charge on any atom is 0.327 e. The van der Waals surface area contributed by atoms with Crippen molar-refractivity contribution in [3.05, 3.63) is 35.6 Å². The molecule has 0 unspecified atom stereocenters. The summed E-state index contributed by atoms with van der Waals surface area (Å²) in [7, 11) is 1.36. The van der Waals surface area contributed by atoms with Gasteiger partial charge in [0.15, 0.2) is 0 Å². The predicted octanol–water partition coefficient (Wildman–Crippen LogP) is 1.98. The summed E-state index contributed by atoms with van der Waals surface area (Å²) < 4.78 is 18.1. The van der Waals surface area contributed by atoms with Crippen molar-refractivity contribution in [2.75, 3.05) is 33.3 Å². The molecule has 6 heteroatoms. The number of rotatable bonds is 4. The van der Waals surface area contributed by atoms with Crippen molar-refractivity contribution in [2.24, 2.45) is 5.92 Å². The van der Waals surface area contributed by atoms with Crippen LogP contribution in [0.4, 0.5) is 4.39 Å². The van der Waals surface area contributed by atoms with Crippen LogP contribution in [-0.4, -0.2) is 55.0 Å². The Morgan fingerprint density at radius 1 is 1.12 bits per heavy atom. The van der Waals surface area contributed by atoms with E-state index in [0.29, 0.717) is 31.7 Å². The molecule has 3 rings (SSSR count). The summed E-state index contributed by atoms with van der Waals surface area (Å²) in [6.45, 7) is 2.44. The number of ether oxygens (including phenoxy) is 1. The summed E-state index contributed by atoms with van der Waals surface area (Å²) in [6.07, 6.45) is 3.14. The molecule has 1 saturated carbocycles. The van der Waals surface area contributed by atoms with E-state index in [-0.39, 0.29) is 23.6 Å². The first-order valence-corrected chi connectivity index (χ1v) is 8.46. The number of benzene rings is 1. The number of methoxy groups -OCH3 is 1. The van der Waals surface area contributed by atoms with Crippen LogP contribution in [0.3, 0.4) is 0 Å². The minimum Gasteiger partial charge on any atom is -0.468 e. The lowest BCUT2D eigenvalue weighted by Gasteiger charge is -2.40. The van der Waals surface area contributed by atoms with Crippen LogP contribution in [0.15, 0.2) is 24.3 Å². The van der Waals surface area contributed by atoms with Crippen LogP contribution in [-0.2, 0) is 14.3 Å². The maximum atomic E-state index is 13.2. The molecule has 1 heterocycles. The number of hydrogen-bond donors (Lipinski definition) is 0. The van der Waals surface area contributed by atoms with Crippen molar-refractivity contribution in [3.63, 3.8) is 0 Å². The number of amides is 1. The molecule has 1 saturated heterocycles. The topological polar surface area (TPSA) is 49.9 Å². The van der Waals surface area contributed by atoms with Crippen molar-refractivity contribution < 1.29 is 18.7 Å². The predicted molar refractivity (Wildman–Crippen MR) is 86.7 cm³/mol. The van der Waals surface area contributed by atoms with Crippen molar-refractivity contribution in [3.8, 4) is 0 Å². The standard InChI is InChI=1S/C18H23FN2O3/c1-24-18(23)16(13-5-7-15(19)8-6-13)20-9-11-21(12-10-20)17(22)14-3-2-4-14/h5-8,14,16H,2-4,9-12H2,1H3/t16-/m1/s1. The molecule has 130 valence electrons. The van der Waals surface area contributed by atoms with Gasteiger partial charge in [0.05, 0.1) is 7.11 Å². The summed E-state index contributed by atoms with van der Waals surface area (Å²) in [6, 6.07) is 5.37. The third-order valence-corrected chi connectivity index (χ3v) is 5.06. The zero-order valence-corrected chi connectivity index (χ0v) is 13.9. The zero-order valence-electron chi connectivity index (χ0n) is 13.9. The van der Waals surface area contributed by atoms with Gasteiger partial charge >= 0.3 is 5.97 Å². The number of hydrogen-bond acceptors (Lipinski definition) is 4. The summed E-state index contributed by atoms with van der Waals surface area (Å²) in [5, 5.41) is 0. The Morgan fingerprint density at radius 2 is 1.75 bits per heavy atom. The molecule has 0 spiro atoms. The van der Waals surface area contributed by atoms with Crippen molar-refractivity contribution in [2.45, 2.75) is 25.3 Å². The second-order valence-electron chi connectivity index (χ2n) is 6.47. The van der Waals surface area contributed by atoms with Gasteiger partial charge in [-0.2, -0.15) is 0 Å². The highest BCUT2D eigenvalue weighted by atomic mass is 19.1. The first-order valence-electron chi connectivity index (χ1n) is 8.46.